The highest BCUT2D eigenvalue weighted by Gasteiger charge is 2.16. The molecule has 1 aromatic rings. The van der Waals surface area contributed by atoms with Crippen LogP contribution in [-0.2, 0) is 24.1 Å². The molecule has 0 atom stereocenters. The number of rotatable bonds is 5. The second-order valence-corrected chi connectivity index (χ2v) is 7.34. The van der Waals surface area contributed by atoms with Gasteiger partial charge in [0, 0.05) is 29.4 Å². The molecule has 0 unspecified atom stereocenters. The molecule has 1 aliphatic rings. The van der Waals surface area contributed by atoms with E-state index in [-0.39, 0.29) is 6.09 Å². The lowest BCUT2D eigenvalue weighted by atomic mass is 10.2. The molecule has 0 aromatic carbocycles. The Morgan fingerprint density at radius 1 is 1.35 bits per heavy atom. The molecule has 0 radical (unpaired) electrons. The Morgan fingerprint density at radius 2 is 2.15 bits per heavy atom. The van der Waals surface area contributed by atoms with E-state index < -0.39 is 5.60 Å². The van der Waals surface area contributed by atoms with Crippen molar-refractivity contribution in [3.05, 3.63) is 21.4 Å². The van der Waals surface area contributed by atoms with Crippen molar-refractivity contribution < 1.29 is 9.53 Å². The van der Waals surface area contributed by atoms with Crippen LogP contribution in [0, 0.1) is 0 Å². The van der Waals surface area contributed by atoms with Crippen molar-refractivity contribution in [3.8, 4) is 0 Å². The second kappa shape index (κ2) is 6.59. The number of carbonyl (C=O) groups excluding carboxylic acids is 1. The van der Waals surface area contributed by atoms with E-state index in [1.54, 1.807) is 10.4 Å². The lowest BCUT2D eigenvalue weighted by Gasteiger charge is -2.19. The first-order valence-corrected chi connectivity index (χ1v) is 8.04. The summed E-state index contributed by atoms with van der Waals surface area (Å²) in [4.78, 5) is 14.4. The van der Waals surface area contributed by atoms with E-state index >= 15 is 0 Å². The number of amides is 1. The highest BCUT2D eigenvalue weighted by atomic mass is 32.1. The summed E-state index contributed by atoms with van der Waals surface area (Å²) in [7, 11) is 0. The Balaban J connectivity index is 1.58. The van der Waals surface area contributed by atoms with E-state index in [0.717, 1.165) is 13.1 Å². The van der Waals surface area contributed by atoms with Crippen molar-refractivity contribution in [2.75, 3.05) is 13.1 Å². The quantitative estimate of drug-likeness (QED) is 0.822. The average Bonchev–Trinajstić information content (AvgIpc) is 2.86. The Kier molecular flexibility index (Phi) is 5.05. The van der Waals surface area contributed by atoms with Gasteiger partial charge in [-0.1, -0.05) is 0 Å². The van der Waals surface area contributed by atoms with Gasteiger partial charge in [-0.3, -0.25) is 0 Å². The molecule has 4 nitrogen and oxygen atoms in total. The fourth-order valence-electron chi connectivity index (χ4n) is 2.26. The molecule has 1 aromatic heterocycles. The zero-order valence-electron chi connectivity index (χ0n) is 12.5. The van der Waals surface area contributed by atoms with Crippen LogP contribution in [0.2, 0.25) is 0 Å². The Morgan fingerprint density at radius 3 is 2.85 bits per heavy atom. The maximum atomic E-state index is 11.4. The summed E-state index contributed by atoms with van der Waals surface area (Å²) >= 11 is 1.92. The Labute approximate surface area is 124 Å². The van der Waals surface area contributed by atoms with Crippen molar-refractivity contribution in [3.63, 3.8) is 0 Å². The molecule has 2 N–H and O–H groups in total. The molecule has 1 heterocycles. The van der Waals surface area contributed by atoms with Gasteiger partial charge in [0.2, 0.25) is 0 Å². The molecule has 0 spiro atoms. The highest BCUT2D eigenvalue weighted by molar-refractivity contribution is 7.12. The molecule has 2 rings (SSSR count). The maximum Gasteiger partial charge on any atom is 0.407 e. The summed E-state index contributed by atoms with van der Waals surface area (Å²) in [6.45, 7) is 7.80. The molecule has 0 aliphatic heterocycles. The highest BCUT2D eigenvalue weighted by Crippen LogP contribution is 2.30. The van der Waals surface area contributed by atoms with Crippen LogP contribution in [0.15, 0.2) is 6.07 Å². The Bertz CT molecular complexity index is 441. The summed E-state index contributed by atoms with van der Waals surface area (Å²) in [5, 5.41) is 6.09. The fraction of sp³-hybridized carbons (Fsp3) is 0.667. The largest absolute Gasteiger partial charge is 0.444 e. The van der Waals surface area contributed by atoms with E-state index in [9.17, 15) is 4.79 Å². The molecule has 0 saturated carbocycles. The van der Waals surface area contributed by atoms with Crippen molar-refractivity contribution in [2.45, 2.75) is 52.2 Å². The van der Waals surface area contributed by atoms with Gasteiger partial charge in [-0.25, -0.2) is 4.79 Å². The minimum atomic E-state index is -0.435. The molecule has 0 saturated heterocycles. The summed E-state index contributed by atoms with van der Waals surface area (Å²) in [6, 6.07) is 2.32. The van der Waals surface area contributed by atoms with Crippen LogP contribution < -0.4 is 10.6 Å². The number of fused-ring (bicyclic) bond motifs is 1. The van der Waals surface area contributed by atoms with Crippen molar-refractivity contribution in [1.29, 1.82) is 0 Å². The van der Waals surface area contributed by atoms with E-state index in [0.29, 0.717) is 6.54 Å². The number of ether oxygens (including phenoxy) is 1. The van der Waals surface area contributed by atoms with Gasteiger partial charge in [-0.15, -0.1) is 11.3 Å². The third kappa shape index (κ3) is 4.80. The lowest BCUT2D eigenvalue weighted by Crippen LogP contribution is -2.36. The maximum absolute atomic E-state index is 11.4. The number of hydrogen-bond acceptors (Lipinski definition) is 4. The fourth-order valence-corrected chi connectivity index (χ4v) is 3.49. The molecule has 5 heteroatoms. The topological polar surface area (TPSA) is 50.4 Å². The summed E-state index contributed by atoms with van der Waals surface area (Å²) in [6.07, 6.45) is 3.45. The third-order valence-corrected chi connectivity index (χ3v) is 4.30. The average molecular weight is 296 g/mol. The summed E-state index contributed by atoms with van der Waals surface area (Å²) in [5.41, 5.74) is 1.10. The molecular weight excluding hydrogens is 272 g/mol. The predicted octanol–water partition coefficient (Wildman–Crippen LogP) is 2.85. The zero-order valence-corrected chi connectivity index (χ0v) is 13.4. The van der Waals surface area contributed by atoms with Crippen LogP contribution in [0.1, 0.15) is 42.5 Å². The molecule has 0 fully saturated rings. The number of nitrogens with one attached hydrogen (secondary N) is 2. The standard InChI is InChI=1S/C15H24N2O2S/c1-15(2,3)19-14(18)17-8-7-16-10-12-9-11-5-4-6-13(11)20-12/h9,16H,4-8,10H2,1-3H3,(H,17,18). The molecule has 1 aliphatic carbocycles. The molecule has 20 heavy (non-hydrogen) atoms. The number of alkyl carbamates (subject to hydrolysis) is 1. The first-order valence-electron chi connectivity index (χ1n) is 7.22. The van der Waals surface area contributed by atoms with Gasteiger partial charge in [0.05, 0.1) is 0 Å². The minimum absolute atomic E-state index is 0.352. The summed E-state index contributed by atoms with van der Waals surface area (Å²) in [5.74, 6) is 0. The number of carbonyl (C=O) groups is 1. The van der Waals surface area contributed by atoms with Gasteiger partial charge < -0.3 is 15.4 Å². The number of aryl methyl sites for hydroxylation is 2. The monoisotopic (exact) mass is 296 g/mol. The van der Waals surface area contributed by atoms with Crippen LogP contribution in [0.4, 0.5) is 4.79 Å². The van der Waals surface area contributed by atoms with Crippen LogP contribution in [0.5, 0.6) is 0 Å². The minimum Gasteiger partial charge on any atom is -0.444 e. The first kappa shape index (κ1) is 15.3. The molecule has 1 amide bonds. The van der Waals surface area contributed by atoms with Gasteiger partial charge in [-0.2, -0.15) is 0 Å². The van der Waals surface area contributed by atoms with Gasteiger partial charge in [0.15, 0.2) is 0 Å². The van der Waals surface area contributed by atoms with Crippen LogP contribution >= 0.6 is 11.3 Å². The van der Waals surface area contributed by atoms with E-state index in [1.807, 2.05) is 32.1 Å². The van der Waals surface area contributed by atoms with Gasteiger partial charge >= 0.3 is 6.09 Å². The van der Waals surface area contributed by atoms with E-state index in [2.05, 4.69) is 16.7 Å². The van der Waals surface area contributed by atoms with E-state index in [4.69, 9.17) is 4.74 Å². The first-order chi connectivity index (χ1) is 9.44. The van der Waals surface area contributed by atoms with Crippen LogP contribution in [0.25, 0.3) is 0 Å². The second-order valence-electron chi connectivity index (χ2n) is 6.12. The SMILES string of the molecule is CC(C)(C)OC(=O)NCCNCc1cc2c(s1)CCC2. The smallest absolute Gasteiger partial charge is 0.407 e. The van der Waals surface area contributed by atoms with Gasteiger partial charge in [0.1, 0.15) is 5.60 Å². The van der Waals surface area contributed by atoms with Gasteiger partial charge in [-0.05, 0) is 51.7 Å². The van der Waals surface area contributed by atoms with Crippen molar-refractivity contribution in [2.24, 2.45) is 0 Å². The summed E-state index contributed by atoms with van der Waals surface area (Å²) < 4.78 is 5.17. The molecule has 0 bridgehead atoms. The third-order valence-electron chi connectivity index (χ3n) is 3.07. The zero-order chi connectivity index (χ0) is 14.6. The van der Waals surface area contributed by atoms with Crippen LogP contribution in [0.3, 0.4) is 0 Å². The Hall–Kier alpha value is -1.07. The number of hydrogen-bond donors (Lipinski definition) is 2. The molecular formula is C15H24N2O2S. The normalized spacial score (nSPS) is 14.2. The lowest BCUT2D eigenvalue weighted by molar-refractivity contribution is 0.0528. The number of thiophene rings is 1. The van der Waals surface area contributed by atoms with E-state index in [1.165, 1.54) is 24.1 Å². The van der Waals surface area contributed by atoms with Crippen LogP contribution in [-0.4, -0.2) is 24.8 Å². The van der Waals surface area contributed by atoms with Gasteiger partial charge in [0.25, 0.3) is 0 Å². The van der Waals surface area contributed by atoms with Crippen molar-refractivity contribution >= 4 is 17.4 Å². The van der Waals surface area contributed by atoms with Crippen molar-refractivity contribution in [1.82, 2.24) is 10.6 Å². The molecule has 112 valence electrons. The predicted molar refractivity (Wildman–Crippen MR) is 82.3 cm³/mol.